The number of aromatic nitrogens is 2. The van der Waals surface area contributed by atoms with Crippen LogP contribution >= 0.6 is 11.6 Å². The molecular formula is C15H17ClN4O2. The van der Waals surface area contributed by atoms with Crippen molar-refractivity contribution >= 4 is 23.3 Å². The zero-order valence-electron chi connectivity index (χ0n) is 12.2. The van der Waals surface area contributed by atoms with Crippen LogP contribution < -0.4 is 16.2 Å². The standard InChI is InChI=1S/C15H17ClN4O2/c1-2-12-9-14(21)20(10-18-12)7-6-17-15(22)19-13-5-3-4-11(16)8-13/h3-5,8-10H,2,6-7H2,1H3,(H2,17,19,22). The summed E-state index contributed by atoms with van der Waals surface area (Å²) in [6, 6.07) is 8.02. The van der Waals surface area contributed by atoms with Gasteiger partial charge in [0.2, 0.25) is 0 Å². The molecule has 22 heavy (non-hydrogen) atoms. The molecule has 2 rings (SSSR count). The molecule has 116 valence electrons. The first kappa shape index (κ1) is 16.0. The molecule has 0 unspecified atom stereocenters. The summed E-state index contributed by atoms with van der Waals surface area (Å²) in [6.45, 7) is 2.62. The van der Waals surface area contributed by atoms with E-state index in [9.17, 15) is 9.59 Å². The summed E-state index contributed by atoms with van der Waals surface area (Å²) in [5, 5.41) is 5.89. The van der Waals surface area contributed by atoms with Gasteiger partial charge in [0, 0.05) is 35.6 Å². The number of aryl methyl sites for hydroxylation is 1. The van der Waals surface area contributed by atoms with Gasteiger partial charge in [-0.2, -0.15) is 0 Å². The number of nitrogens with one attached hydrogen (secondary N) is 2. The predicted octanol–water partition coefficient (Wildman–Crippen LogP) is 2.28. The van der Waals surface area contributed by atoms with Crippen LogP contribution in [0, 0.1) is 0 Å². The Kier molecular flexibility index (Phi) is 5.55. The van der Waals surface area contributed by atoms with E-state index in [1.165, 1.54) is 17.0 Å². The van der Waals surface area contributed by atoms with E-state index in [0.717, 1.165) is 12.1 Å². The highest BCUT2D eigenvalue weighted by atomic mass is 35.5. The Bertz CT molecular complexity index is 715. The van der Waals surface area contributed by atoms with Crippen molar-refractivity contribution in [3.05, 3.63) is 57.7 Å². The minimum absolute atomic E-state index is 0.121. The lowest BCUT2D eigenvalue weighted by Gasteiger charge is -2.09. The Labute approximate surface area is 133 Å². The zero-order valence-corrected chi connectivity index (χ0v) is 12.9. The molecule has 1 aromatic carbocycles. The van der Waals surface area contributed by atoms with Gasteiger partial charge in [-0.15, -0.1) is 0 Å². The van der Waals surface area contributed by atoms with E-state index >= 15 is 0 Å². The number of halogens is 1. The van der Waals surface area contributed by atoms with Crippen molar-refractivity contribution in [2.24, 2.45) is 0 Å². The highest BCUT2D eigenvalue weighted by Crippen LogP contribution is 2.14. The van der Waals surface area contributed by atoms with Crippen molar-refractivity contribution in [1.82, 2.24) is 14.9 Å². The minimum atomic E-state index is -0.353. The maximum Gasteiger partial charge on any atom is 0.319 e. The number of rotatable bonds is 5. The third-order valence-electron chi connectivity index (χ3n) is 3.02. The summed E-state index contributed by atoms with van der Waals surface area (Å²) in [5.41, 5.74) is 1.24. The number of benzene rings is 1. The number of amides is 2. The van der Waals surface area contributed by atoms with E-state index in [1.54, 1.807) is 24.3 Å². The molecule has 0 aliphatic carbocycles. The van der Waals surface area contributed by atoms with Gasteiger partial charge in [-0.25, -0.2) is 9.78 Å². The van der Waals surface area contributed by atoms with Crippen molar-refractivity contribution in [2.75, 3.05) is 11.9 Å². The van der Waals surface area contributed by atoms with E-state index in [4.69, 9.17) is 11.6 Å². The van der Waals surface area contributed by atoms with Gasteiger partial charge in [-0.1, -0.05) is 24.6 Å². The van der Waals surface area contributed by atoms with Gasteiger partial charge in [0.05, 0.1) is 6.33 Å². The van der Waals surface area contributed by atoms with Crippen LogP contribution in [0.1, 0.15) is 12.6 Å². The van der Waals surface area contributed by atoms with E-state index in [2.05, 4.69) is 15.6 Å². The molecule has 0 bridgehead atoms. The van der Waals surface area contributed by atoms with Crippen molar-refractivity contribution in [3.63, 3.8) is 0 Å². The molecule has 0 spiro atoms. The number of carbonyl (C=O) groups excluding carboxylic acids is 1. The van der Waals surface area contributed by atoms with Crippen molar-refractivity contribution in [2.45, 2.75) is 19.9 Å². The van der Waals surface area contributed by atoms with Gasteiger partial charge in [0.15, 0.2) is 0 Å². The SMILES string of the molecule is CCc1cc(=O)n(CCNC(=O)Nc2cccc(Cl)c2)cn1. The van der Waals surface area contributed by atoms with Gasteiger partial charge in [-0.05, 0) is 24.6 Å². The molecule has 0 saturated carbocycles. The fourth-order valence-electron chi connectivity index (χ4n) is 1.86. The maximum absolute atomic E-state index is 11.8. The number of urea groups is 1. The first-order valence-electron chi connectivity index (χ1n) is 6.94. The lowest BCUT2D eigenvalue weighted by atomic mass is 10.3. The Hall–Kier alpha value is -2.34. The van der Waals surface area contributed by atoms with Crippen LogP contribution in [0.15, 0.2) is 41.5 Å². The first-order valence-corrected chi connectivity index (χ1v) is 7.32. The van der Waals surface area contributed by atoms with Gasteiger partial charge in [-0.3, -0.25) is 9.36 Å². The van der Waals surface area contributed by atoms with E-state index in [-0.39, 0.29) is 11.6 Å². The number of carbonyl (C=O) groups is 1. The van der Waals surface area contributed by atoms with Gasteiger partial charge >= 0.3 is 6.03 Å². The molecule has 0 aliphatic rings. The third kappa shape index (κ3) is 4.60. The van der Waals surface area contributed by atoms with Crippen molar-refractivity contribution in [1.29, 1.82) is 0 Å². The first-order chi connectivity index (χ1) is 10.6. The van der Waals surface area contributed by atoms with Crippen LogP contribution in [-0.2, 0) is 13.0 Å². The normalized spacial score (nSPS) is 10.3. The highest BCUT2D eigenvalue weighted by molar-refractivity contribution is 6.30. The maximum atomic E-state index is 11.8. The molecule has 0 aliphatic heterocycles. The molecule has 1 heterocycles. The molecule has 0 saturated heterocycles. The van der Waals surface area contributed by atoms with E-state index < -0.39 is 0 Å². The Balaban J connectivity index is 1.83. The van der Waals surface area contributed by atoms with E-state index in [1.807, 2.05) is 6.92 Å². The number of nitrogens with zero attached hydrogens (tertiary/aromatic N) is 2. The van der Waals surface area contributed by atoms with E-state index in [0.29, 0.717) is 23.8 Å². The van der Waals surface area contributed by atoms with Crippen LogP contribution in [0.2, 0.25) is 5.02 Å². The minimum Gasteiger partial charge on any atom is -0.336 e. The molecule has 1 aromatic heterocycles. The Morgan fingerprint density at radius 1 is 1.36 bits per heavy atom. The smallest absolute Gasteiger partial charge is 0.319 e. The number of hydrogen-bond donors (Lipinski definition) is 2. The monoisotopic (exact) mass is 320 g/mol. The third-order valence-corrected chi connectivity index (χ3v) is 3.25. The fourth-order valence-corrected chi connectivity index (χ4v) is 2.05. The second-order valence-electron chi connectivity index (χ2n) is 4.66. The van der Waals surface area contributed by atoms with Crippen LogP contribution in [0.4, 0.5) is 10.5 Å². The van der Waals surface area contributed by atoms with Crippen LogP contribution in [0.5, 0.6) is 0 Å². The van der Waals surface area contributed by atoms with Crippen LogP contribution in [-0.4, -0.2) is 22.1 Å². The summed E-state index contributed by atoms with van der Waals surface area (Å²) in [7, 11) is 0. The van der Waals surface area contributed by atoms with Crippen molar-refractivity contribution in [3.8, 4) is 0 Å². The van der Waals surface area contributed by atoms with Crippen LogP contribution in [0.25, 0.3) is 0 Å². The lowest BCUT2D eigenvalue weighted by Crippen LogP contribution is -2.33. The van der Waals surface area contributed by atoms with Gasteiger partial charge < -0.3 is 10.6 Å². The lowest BCUT2D eigenvalue weighted by molar-refractivity contribution is 0.251. The molecule has 0 fully saturated rings. The molecular weight excluding hydrogens is 304 g/mol. The fraction of sp³-hybridized carbons (Fsp3) is 0.267. The zero-order chi connectivity index (χ0) is 15.9. The predicted molar refractivity (Wildman–Crippen MR) is 86.3 cm³/mol. The Morgan fingerprint density at radius 2 is 2.18 bits per heavy atom. The largest absolute Gasteiger partial charge is 0.336 e. The summed E-state index contributed by atoms with van der Waals surface area (Å²) in [5.74, 6) is 0. The Morgan fingerprint density at radius 3 is 2.86 bits per heavy atom. The summed E-state index contributed by atoms with van der Waals surface area (Å²) >= 11 is 5.84. The summed E-state index contributed by atoms with van der Waals surface area (Å²) < 4.78 is 1.46. The van der Waals surface area contributed by atoms with Gasteiger partial charge in [0.1, 0.15) is 0 Å². The topological polar surface area (TPSA) is 76.0 Å². The average molecular weight is 321 g/mol. The average Bonchev–Trinajstić information content (AvgIpc) is 2.48. The summed E-state index contributed by atoms with van der Waals surface area (Å²) in [6.07, 6.45) is 2.22. The molecule has 2 N–H and O–H groups in total. The van der Waals surface area contributed by atoms with Crippen molar-refractivity contribution < 1.29 is 4.79 Å². The summed E-state index contributed by atoms with van der Waals surface area (Å²) in [4.78, 5) is 27.7. The quantitative estimate of drug-likeness (QED) is 0.887. The second kappa shape index (κ2) is 7.61. The van der Waals surface area contributed by atoms with Gasteiger partial charge in [0.25, 0.3) is 5.56 Å². The highest BCUT2D eigenvalue weighted by Gasteiger charge is 2.03. The van der Waals surface area contributed by atoms with Crippen LogP contribution in [0.3, 0.4) is 0 Å². The molecule has 2 aromatic rings. The molecule has 6 nitrogen and oxygen atoms in total. The molecule has 0 atom stereocenters. The number of hydrogen-bond acceptors (Lipinski definition) is 3. The molecule has 2 amide bonds. The second-order valence-corrected chi connectivity index (χ2v) is 5.09. The number of anilines is 1. The molecule has 7 heteroatoms. The molecule has 0 radical (unpaired) electrons.